The van der Waals surface area contributed by atoms with Crippen LogP contribution < -0.4 is 14.8 Å². The number of anilines is 1. The molecule has 3 aromatic carbocycles. The summed E-state index contributed by atoms with van der Waals surface area (Å²) >= 11 is 0. The Kier molecular flexibility index (Phi) is 7.90. The van der Waals surface area contributed by atoms with Crippen LogP contribution in [0.15, 0.2) is 78.9 Å². The largest absolute Gasteiger partial charge is 0.494 e. The normalized spacial score (nSPS) is 10.6. The molecule has 0 radical (unpaired) electrons. The number of hydrogen-bond acceptors (Lipinski definition) is 3. The highest BCUT2D eigenvalue weighted by molar-refractivity contribution is 6.04. The van der Waals surface area contributed by atoms with Gasteiger partial charge in [0.15, 0.2) is 0 Å². The van der Waals surface area contributed by atoms with Crippen LogP contribution in [0, 0.1) is 5.92 Å². The molecule has 30 heavy (non-hydrogen) atoms. The second-order valence-corrected chi connectivity index (χ2v) is 7.62. The minimum Gasteiger partial charge on any atom is -0.494 e. The fourth-order valence-electron chi connectivity index (χ4n) is 2.91. The zero-order valence-corrected chi connectivity index (χ0v) is 17.6. The van der Waals surface area contributed by atoms with Gasteiger partial charge in [0.2, 0.25) is 0 Å². The molecule has 0 unspecified atom stereocenters. The van der Waals surface area contributed by atoms with Gasteiger partial charge in [0, 0.05) is 23.7 Å². The van der Waals surface area contributed by atoms with E-state index in [1.54, 1.807) is 12.1 Å². The predicted octanol–water partition coefficient (Wildman–Crippen LogP) is 5.99. The van der Waals surface area contributed by atoms with Gasteiger partial charge in [-0.15, -0.1) is 0 Å². The van der Waals surface area contributed by atoms with Crippen LogP contribution in [-0.4, -0.2) is 19.1 Å². The highest BCUT2D eigenvalue weighted by Crippen LogP contribution is 2.20. The molecule has 0 aliphatic carbocycles. The lowest BCUT2D eigenvalue weighted by Gasteiger charge is -2.11. The van der Waals surface area contributed by atoms with Crippen LogP contribution in [0.25, 0.3) is 0 Å². The van der Waals surface area contributed by atoms with E-state index in [9.17, 15) is 4.79 Å². The molecule has 0 spiro atoms. The smallest absolute Gasteiger partial charge is 0.255 e. The lowest BCUT2D eigenvalue weighted by molar-refractivity contribution is 0.102. The quantitative estimate of drug-likeness (QED) is 0.453. The first-order valence-electron chi connectivity index (χ1n) is 10.4. The highest BCUT2D eigenvalue weighted by atomic mass is 16.5. The summed E-state index contributed by atoms with van der Waals surface area (Å²) in [7, 11) is 0. The summed E-state index contributed by atoms with van der Waals surface area (Å²) in [6, 6.07) is 24.9. The summed E-state index contributed by atoms with van der Waals surface area (Å²) < 4.78 is 11.5. The zero-order chi connectivity index (χ0) is 21.2. The van der Waals surface area contributed by atoms with Gasteiger partial charge < -0.3 is 14.8 Å². The number of hydrogen-bond donors (Lipinski definition) is 1. The Hall–Kier alpha value is -3.27. The Morgan fingerprint density at radius 2 is 1.57 bits per heavy atom. The van der Waals surface area contributed by atoms with E-state index >= 15 is 0 Å². The van der Waals surface area contributed by atoms with Crippen LogP contribution in [0.4, 0.5) is 5.69 Å². The average molecular weight is 404 g/mol. The highest BCUT2D eigenvalue weighted by Gasteiger charge is 2.07. The zero-order valence-electron chi connectivity index (χ0n) is 17.6. The third-order valence-corrected chi connectivity index (χ3v) is 4.67. The molecule has 0 saturated heterocycles. The second-order valence-electron chi connectivity index (χ2n) is 7.62. The van der Waals surface area contributed by atoms with Crippen LogP contribution in [0.5, 0.6) is 11.5 Å². The van der Waals surface area contributed by atoms with Gasteiger partial charge in [-0.1, -0.05) is 50.2 Å². The molecular weight excluding hydrogens is 374 g/mol. The SMILES string of the molecule is CC(C)CCOc1cccc(NC(=O)c2ccc(OCCc3ccccc3)cc2)c1. The topological polar surface area (TPSA) is 47.6 Å². The van der Waals surface area contributed by atoms with E-state index in [1.165, 1.54) is 5.56 Å². The lowest BCUT2D eigenvalue weighted by Crippen LogP contribution is -2.12. The lowest BCUT2D eigenvalue weighted by atomic mass is 10.1. The molecule has 3 rings (SSSR count). The third-order valence-electron chi connectivity index (χ3n) is 4.67. The Labute approximate surface area is 178 Å². The molecule has 3 aromatic rings. The summed E-state index contributed by atoms with van der Waals surface area (Å²) in [6.45, 7) is 5.60. The monoisotopic (exact) mass is 403 g/mol. The Morgan fingerprint density at radius 1 is 0.833 bits per heavy atom. The molecule has 0 aliphatic rings. The van der Waals surface area contributed by atoms with Crippen molar-refractivity contribution < 1.29 is 14.3 Å². The van der Waals surface area contributed by atoms with Gasteiger partial charge >= 0.3 is 0 Å². The van der Waals surface area contributed by atoms with Crippen molar-refractivity contribution in [1.29, 1.82) is 0 Å². The van der Waals surface area contributed by atoms with Crippen LogP contribution >= 0.6 is 0 Å². The van der Waals surface area contributed by atoms with Gasteiger partial charge in [-0.05, 0) is 54.3 Å². The molecule has 1 amide bonds. The second kappa shape index (κ2) is 11.1. The molecule has 4 heteroatoms. The summed E-state index contributed by atoms with van der Waals surface area (Å²) in [4.78, 5) is 12.5. The number of carbonyl (C=O) groups is 1. The molecule has 0 saturated carbocycles. The number of amides is 1. The Balaban J connectivity index is 1.49. The van der Waals surface area contributed by atoms with E-state index < -0.39 is 0 Å². The van der Waals surface area contributed by atoms with E-state index in [0.717, 1.165) is 24.3 Å². The number of nitrogens with one attached hydrogen (secondary N) is 1. The molecule has 0 bridgehead atoms. The maximum atomic E-state index is 12.5. The van der Waals surface area contributed by atoms with Crippen molar-refractivity contribution in [2.24, 2.45) is 5.92 Å². The molecule has 0 fully saturated rings. The van der Waals surface area contributed by atoms with E-state index in [0.29, 0.717) is 30.4 Å². The maximum Gasteiger partial charge on any atom is 0.255 e. The Bertz CT molecular complexity index is 921. The third kappa shape index (κ3) is 6.96. The number of ether oxygens (including phenoxy) is 2. The number of carbonyl (C=O) groups excluding carboxylic acids is 1. The van der Waals surface area contributed by atoms with Gasteiger partial charge in [0.1, 0.15) is 11.5 Å². The maximum absolute atomic E-state index is 12.5. The standard InChI is InChI=1S/C26H29NO3/c1-20(2)15-17-30-25-10-6-9-23(19-25)27-26(28)22-11-13-24(14-12-22)29-18-16-21-7-4-3-5-8-21/h3-14,19-20H,15-18H2,1-2H3,(H,27,28). The summed E-state index contributed by atoms with van der Waals surface area (Å²) in [5.74, 6) is 1.95. The van der Waals surface area contributed by atoms with Crippen molar-refractivity contribution in [3.8, 4) is 11.5 Å². The summed E-state index contributed by atoms with van der Waals surface area (Å²) in [5.41, 5.74) is 2.53. The molecule has 4 nitrogen and oxygen atoms in total. The first kappa shape index (κ1) is 21.4. The van der Waals surface area contributed by atoms with Gasteiger partial charge in [-0.2, -0.15) is 0 Å². The number of rotatable bonds is 10. The van der Waals surface area contributed by atoms with Crippen molar-refractivity contribution in [3.05, 3.63) is 90.0 Å². The van der Waals surface area contributed by atoms with Crippen LogP contribution in [-0.2, 0) is 6.42 Å². The van der Waals surface area contributed by atoms with Crippen molar-refractivity contribution >= 4 is 11.6 Å². The first-order chi connectivity index (χ1) is 14.6. The minimum atomic E-state index is -0.162. The molecule has 1 N–H and O–H groups in total. The van der Waals surface area contributed by atoms with Crippen molar-refractivity contribution in [1.82, 2.24) is 0 Å². The van der Waals surface area contributed by atoms with Crippen LogP contribution in [0.3, 0.4) is 0 Å². The minimum absolute atomic E-state index is 0.162. The molecular formula is C26H29NO3. The van der Waals surface area contributed by atoms with Crippen LogP contribution in [0.2, 0.25) is 0 Å². The van der Waals surface area contributed by atoms with Gasteiger partial charge in [-0.25, -0.2) is 0 Å². The van der Waals surface area contributed by atoms with Gasteiger partial charge in [0.05, 0.1) is 13.2 Å². The van der Waals surface area contributed by atoms with E-state index in [1.807, 2.05) is 54.6 Å². The van der Waals surface area contributed by atoms with Crippen molar-refractivity contribution in [3.63, 3.8) is 0 Å². The van der Waals surface area contributed by atoms with E-state index in [-0.39, 0.29) is 5.91 Å². The van der Waals surface area contributed by atoms with Crippen molar-refractivity contribution in [2.75, 3.05) is 18.5 Å². The predicted molar refractivity (Wildman–Crippen MR) is 121 cm³/mol. The first-order valence-corrected chi connectivity index (χ1v) is 10.4. The fraction of sp³-hybridized carbons (Fsp3) is 0.269. The number of benzene rings is 3. The average Bonchev–Trinajstić information content (AvgIpc) is 2.75. The Morgan fingerprint density at radius 3 is 2.30 bits per heavy atom. The molecule has 0 aromatic heterocycles. The van der Waals surface area contributed by atoms with Gasteiger partial charge in [0.25, 0.3) is 5.91 Å². The van der Waals surface area contributed by atoms with Crippen molar-refractivity contribution in [2.45, 2.75) is 26.7 Å². The summed E-state index contributed by atoms with van der Waals surface area (Å²) in [5, 5.41) is 2.92. The van der Waals surface area contributed by atoms with Crippen LogP contribution in [0.1, 0.15) is 36.2 Å². The fourth-order valence-corrected chi connectivity index (χ4v) is 2.91. The van der Waals surface area contributed by atoms with E-state index in [2.05, 4.69) is 31.3 Å². The molecule has 0 atom stereocenters. The summed E-state index contributed by atoms with van der Waals surface area (Å²) in [6.07, 6.45) is 1.84. The molecule has 0 aliphatic heterocycles. The van der Waals surface area contributed by atoms with Gasteiger partial charge in [-0.3, -0.25) is 4.79 Å². The molecule has 156 valence electrons. The van der Waals surface area contributed by atoms with E-state index in [4.69, 9.17) is 9.47 Å². The molecule has 0 heterocycles.